The molecular formula is C30H33N3O3. The number of nitrogens with zero attached hydrogens (tertiary/aromatic N) is 3. The summed E-state index contributed by atoms with van der Waals surface area (Å²) in [5.41, 5.74) is 3.81. The van der Waals surface area contributed by atoms with Crippen LogP contribution in [-0.2, 0) is 6.42 Å². The highest BCUT2D eigenvalue weighted by Crippen LogP contribution is 2.25. The second-order valence-electron chi connectivity index (χ2n) is 9.89. The molecule has 1 N–H and O–H groups in total. The maximum Gasteiger partial charge on any atom is 0.253 e. The van der Waals surface area contributed by atoms with E-state index < -0.39 is 6.10 Å². The van der Waals surface area contributed by atoms with Crippen molar-refractivity contribution in [3.05, 3.63) is 107 Å². The number of hydrogen-bond donors (Lipinski definition) is 1. The Hall–Kier alpha value is -3.48. The van der Waals surface area contributed by atoms with Gasteiger partial charge in [-0.05, 0) is 48.7 Å². The fourth-order valence-corrected chi connectivity index (χ4v) is 5.26. The molecule has 0 saturated carbocycles. The van der Waals surface area contributed by atoms with Crippen LogP contribution in [0.5, 0.6) is 0 Å². The van der Waals surface area contributed by atoms with E-state index in [1.54, 1.807) is 6.92 Å². The molecule has 0 radical (unpaired) electrons. The maximum absolute atomic E-state index is 13.0. The summed E-state index contributed by atoms with van der Waals surface area (Å²) >= 11 is 0. The number of aliphatic hydroxyl groups is 1. The molecule has 2 heterocycles. The Morgan fingerprint density at radius 2 is 1.31 bits per heavy atom. The summed E-state index contributed by atoms with van der Waals surface area (Å²) in [6.07, 6.45) is 0.277. The number of carbonyl (C=O) groups excluding carboxylic acids is 2. The fraction of sp³-hybridized carbons (Fsp3) is 0.333. The second kappa shape index (κ2) is 10.6. The molecule has 3 aromatic carbocycles. The summed E-state index contributed by atoms with van der Waals surface area (Å²) in [6, 6.07) is 27.5. The van der Waals surface area contributed by atoms with Gasteiger partial charge in [-0.2, -0.15) is 0 Å². The van der Waals surface area contributed by atoms with Crippen molar-refractivity contribution in [2.45, 2.75) is 31.5 Å². The predicted octanol–water partition coefficient (Wildman–Crippen LogP) is 3.31. The van der Waals surface area contributed by atoms with E-state index in [0.717, 1.165) is 6.42 Å². The molecule has 0 spiro atoms. The van der Waals surface area contributed by atoms with E-state index in [1.807, 2.05) is 82.6 Å². The van der Waals surface area contributed by atoms with E-state index in [1.165, 1.54) is 11.1 Å². The first-order valence-corrected chi connectivity index (χ1v) is 12.7. The molecule has 0 aromatic heterocycles. The molecule has 186 valence electrons. The molecule has 5 rings (SSSR count). The summed E-state index contributed by atoms with van der Waals surface area (Å²) < 4.78 is 0. The third kappa shape index (κ3) is 5.20. The van der Waals surface area contributed by atoms with Gasteiger partial charge in [-0.1, -0.05) is 60.7 Å². The Balaban J connectivity index is 1.17. The van der Waals surface area contributed by atoms with Gasteiger partial charge in [0.2, 0.25) is 0 Å². The third-order valence-corrected chi connectivity index (χ3v) is 7.40. The number of aliphatic hydroxyl groups excluding tert-OH is 1. The van der Waals surface area contributed by atoms with Gasteiger partial charge in [0.25, 0.3) is 11.8 Å². The Bertz CT molecular complexity index is 1180. The zero-order valence-electron chi connectivity index (χ0n) is 20.7. The molecule has 2 fully saturated rings. The highest BCUT2D eigenvalue weighted by Gasteiger charge is 2.42. The standard InChI is InChI=1S/C30H33N3O3/c1-22(34)28-21-31(29(35)25-10-6-3-7-11-25)16-17-33(28)27-19-32(20-27)30(36)26-14-12-24(13-15-26)18-23-8-4-2-5-9-23/h2-15,22,27-28,34H,16-21H2,1H3. The lowest BCUT2D eigenvalue weighted by atomic mass is 9.97. The van der Waals surface area contributed by atoms with Crippen molar-refractivity contribution in [2.24, 2.45) is 0 Å². The summed E-state index contributed by atoms with van der Waals surface area (Å²) in [5.74, 6) is 0.0472. The molecule has 0 bridgehead atoms. The minimum Gasteiger partial charge on any atom is -0.392 e. The smallest absolute Gasteiger partial charge is 0.253 e. The third-order valence-electron chi connectivity index (χ3n) is 7.40. The van der Waals surface area contributed by atoms with Gasteiger partial charge in [-0.25, -0.2) is 0 Å². The Morgan fingerprint density at radius 1 is 0.750 bits per heavy atom. The van der Waals surface area contributed by atoms with Crippen LogP contribution in [0.25, 0.3) is 0 Å². The maximum atomic E-state index is 13.0. The highest BCUT2D eigenvalue weighted by molar-refractivity contribution is 5.95. The van der Waals surface area contributed by atoms with Crippen molar-refractivity contribution in [3.8, 4) is 0 Å². The number of rotatable bonds is 6. The average molecular weight is 484 g/mol. The van der Waals surface area contributed by atoms with Crippen molar-refractivity contribution >= 4 is 11.8 Å². The van der Waals surface area contributed by atoms with Crippen molar-refractivity contribution < 1.29 is 14.7 Å². The minimum absolute atomic E-state index is 0.00187. The molecule has 2 unspecified atom stereocenters. The first-order valence-electron chi connectivity index (χ1n) is 12.7. The summed E-state index contributed by atoms with van der Waals surface area (Å²) in [4.78, 5) is 32.0. The Kier molecular flexibility index (Phi) is 7.16. The van der Waals surface area contributed by atoms with Crippen LogP contribution in [0.15, 0.2) is 84.9 Å². The van der Waals surface area contributed by atoms with E-state index in [9.17, 15) is 14.7 Å². The molecular weight excluding hydrogens is 450 g/mol. The Labute approximate surface area is 212 Å². The highest BCUT2D eigenvalue weighted by atomic mass is 16.3. The van der Waals surface area contributed by atoms with E-state index >= 15 is 0 Å². The largest absolute Gasteiger partial charge is 0.392 e. The predicted molar refractivity (Wildman–Crippen MR) is 140 cm³/mol. The van der Waals surface area contributed by atoms with Gasteiger partial charge in [0, 0.05) is 49.9 Å². The average Bonchev–Trinajstić information content (AvgIpc) is 2.89. The van der Waals surface area contributed by atoms with E-state index in [-0.39, 0.29) is 23.9 Å². The topological polar surface area (TPSA) is 64.1 Å². The van der Waals surface area contributed by atoms with Crippen LogP contribution >= 0.6 is 0 Å². The molecule has 2 atom stereocenters. The van der Waals surface area contributed by atoms with E-state index in [2.05, 4.69) is 17.0 Å². The number of piperazine rings is 1. The van der Waals surface area contributed by atoms with E-state index in [4.69, 9.17) is 0 Å². The van der Waals surface area contributed by atoms with Crippen molar-refractivity contribution in [2.75, 3.05) is 32.7 Å². The molecule has 0 aliphatic carbocycles. The van der Waals surface area contributed by atoms with Crippen LogP contribution < -0.4 is 0 Å². The molecule has 2 aliphatic heterocycles. The van der Waals surface area contributed by atoms with Crippen molar-refractivity contribution in [1.29, 1.82) is 0 Å². The van der Waals surface area contributed by atoms with Crippen LogP contribution in [-0.4, -0.2) is 82.5 Å². The second-order valence-corrected chi connectivity index (χ2v) is 9.89. The molecule has 2 amide bonds. The van der Waals surface area contributed by atoms with Crippen molar-refractivity contribution in [3.63, 3.8) is 0 Å². The SMILES string of the molecule is CC(O)C1CN(C(=O)c2ccccc2)CCN1C1CN(C(=O)c2ccc(Cc3ccccc3)cc2)C1. The van der Waals surface area contributed by atoms with Gasteiger partial charge in [0.05, 0.1) is 12.1 Å². The molecule has 2 saturated heterocycles. The monoisotopic (exact) mass is 483 g/mol. The molecule has 3 aromatic rings. The first-order chi connectivity index (χ1) is 17.5. The normalized spacial score (nSPS) is 19.6. The fourth-order valence-electron chi connectivity index (χ4n) is 5.26. The van der Waals surface area contributed by atoms with Crippen LogP contribution in [0.2, 0.25) is 0 Å². The molecule has 2 aliphatic rings. The first kappa shape index (κ1) is 24.2. The van der Waals surface area contributed by atoms with Gasteiger partial charge >= 0.3 is 0 Å². The number of carbonyl (C=O) groups is 2. The van der Waals surface area contributed by atoms with Crippen LogP contribution in [0.4, 0.5) is 0 Å². The van der Waals surface area contributed by atoms with Gasteiger partial charge in [0.15, 0.2) is 0 Å². The zero-order chi connectivity index (χ0) is 25.1. The molecule has 36 heavy (non-hydrogen) atoms. The molecule has 6 nitrogen and oxygen atoms in total. The lowest BCUT2D eigenvalue weighted by Crippen LogP contribution is -2.69. The van der Waals surface area contributed by atoms with Crippen LogP contribution in [0, 0.1) is 0 Å². The number of benzene rings is 3. The quantitative estimate of drug-likeness (QED) is 0.584. The molecule has 6 heteroatoms. The minimum atomic E-state index is -0.571. The summed E-state index contributed by atoms with van der Waals surface area (Å²) in [6.45, 7) is 4.85. The van der Waals surface area contributed by atoms with Crippen molar-refractivity contribution in [1.82, 2.24) is 14.7 Å². The lowest BCUT2D eigenvalue weighted by molar-refractivity contribution is -0.0517. The van der Waals surface area contributed by atoms with Gasteiger partial charge in [-0.15, -0.1) is 0 Å². The van der Waals surface area contributed by atoms with Crippen LogP contribution in [0.3, 0.4) is 0 Å². The summed E-state index contributed by atoms with van der Waals surface area (Å²) in [7, 11) is 0. The number of hydrogen-bond acceptors (Lipinski definition) is 4. The number of likely N-dealkylation sites (tertiary alicyclic amines) is 1. The van der Waals surface area contributed by atoms with Gasteiger partial charge in [-0.3, -0.25) is 14.5 Å². The van der Waals surface area contributed by atoms with Gasteiger partial charge in [0.1, 0.15) is 0 Å². The lowest BCUT2D eigenvalue weighted by Gasteiger charge is -2.52. The summed E-state index contributed by atoms with van der Waals surface area (Å²) in [5, 5.41) is 10.5. The van der Waals surface area contributed by atoms with E-state index in [0.29, 0.717) is 43.9 Å². The zero-order valence-corrected chi connectivity index (χ0v) is 20.7. The Morgan fingerprint density at radius 3 is 1.94 bits per heavy atom. The van der Waals surface area contributed by atoms with Gasteiger partial charge < -0.3 is 14.9 Å². The van der Waals surface area contributed by atoms with Crippen LogP contribution in [0.1, 0.15) is 38.8 Å². The number of amides is 2.